The Kier molecular flexibility index (Phi) is 6.79. The quantitative estimate of drug-likeness (QED) is 0.659. The Morgan fingerprint density at radius 1 is 1.21 bits per heavy atom. The maximum Gasteiger partial charge on any atom is 0.270 e. The summed E-state index contributed by atoms with van der Waals surface area (Å²) in [6.07, 6.45) is 0. The number of nitrogens with zero attached hydrogens (tertiary/aromatic N) is 2. The van der Waals surface area contributed by atoms with Gasteiger partial charge in [-0.3, -0.25) is 4.79 Å². The van der Waals surface area contributed by atoms with Crippen LogP contribution in [0.1, 0.15) is 38.8 Å². The van der Waals surface area contributed by atoms with Crippen LogP contribution in [0.25, 0.3) is 0 Å². The van der Waals surface area contributed by atoms with Gasteiger partial charge in [-0.05, 0) is 44.0 Å². The van der Waals surface area contributed by atoms with Crippen molar-refractivity contribution < 1.29 is 17.9 Å². The number of aromatic nitrogens is 2. The van der Waals surface area contributed by atoms with E-state index in [0.29, 0.717) is 5.75 Å². The first-order valence-electron chi connectivity index (χ1n) is 8.76. The third-order valence-electron chi connectivity index (χ3n) is 3.87. The third kappa shape index (κ3) is 5.98. The van der Waals surface area contributed by atoms with Gasteiger partial charge in [0.05, 0.1) is 6.04 Å². The molecule has 1 heterocycles. The van der Waals surface area contributed by atoms with Crippen molar-refractivity contribution in [1.29, 1.82) is 0 Å². The normalized spacial score (nSPS) is 13.2. The minimum absolute atomic E-state index is 0.138. The number of sulfonamides is 1. The van der Waals surface area contributed by atoms with Crippen molar-refractivity contribution in [1.82, 2.24) is 14.9 Å². The highest BCUT2D eigenvalue weighted by atomic mass is 32.2. The molecule has 1 amide bonds. The van der Waals surface area contributed by atoms with E-state index in [2.05, 4.69) is 20.2 Å². The minimum atomic E-state index is -3.87. The molecule has 0 saturated heterocycles. The molecule has 0 radical (unpaired) electrons. The third-order valence-corrected chi connectivity index (χ3v) is 6.67. The molecule has 0 aliphatic heterocycles. The maximum atomic E-state index is 12.5. The van der Waals surface area contributed by atoms with Crippen LogP contribution in [0.3, 0.4) is 0 Å². The van der Waals surface area contributed by atoms with E-state index in [1.165, 1.54) is 0 Å². The Balaban J connectivity index is 1.97. The van der Waals surface area contributed by atoms with Crippen LogP contribution in [-0.2, 0) is 14.8 Å². The van der Waals surface area contributed by atoms with Crippen LogP contribution in [0.15, 0.2) is 22.5 Å². The Morgan fingerprint density at radius 2 is 1.89 bits per heavy atom. The first-order chi connectivity index (χ1) is 12.9. The van der Waals surface area contributed by atoms with Gasteiger partial charge in [-0.25, -0.2) is 13.1 Å². The number of aryl methyl sites for hydroxylation is 2. The number of anilines is 1. The van der Waals surface area contributed by atoms with E-state index in [1.54, 1.807) is 27.7 Å². The number of ether oxygens (including phenoxy) is 1. The lowest BCUT2D eigenvalue weighted by atomic mass is 9.96. The number of benzene rings is 1. The number of carbonyl (C=O) groups is 1. The van der Waals surface area contributed by atoms with Crippen molar-refractivity contribution in [3.05, 3.63) is 29.3 Å². The van der Waals surface area contributed by atoms with Crippen LogP contribution < -0.4 is 14.8 Å². The maximum absolute atomic E-state index is 12.5. The predicted molar refractivity (Wildman–Crippen MR) is 109 cm³/mol. The zero-order valence-corrected chi connectivity index (χ0v) is 18.5. The van der Waals surface area contributed by atoms with Crippen molar-refractivity contribution in [3.63, 3.8) is 0 Å². The molecule has 1 atom stereocenters. The monoisotopic (exact) mass is 426 g/mol. The van der Waals surface area contributed by atoms with E-state index in [4.69, 9.17) is 4.74 Å². The van der Waals surface area contributed by atoms with Crippen LogP contribution in [0.2, 0.25) is 0 Å². The molecule has 0 aliphatic rings. The minimum Gasteiger partial charge on any atom is -0.492 e. The molecule has 1 aromatic carbocycles. The van der Waals surface area contributed by atoms with Crippen LogP contribution in [0.4, 0.5) is 5.13 Å². The highest BCUT2D eigenvalue weighted by Gasteiger charge is 2.26. The van der Waals surface area contributed by atoms with Gasteiger partial charge in [-0.15, -0.1) is 10.2 Å². The first kappa shape index (κ1) is 22.3. The molecule has 28 heavy (non-hydrogen) atoms. The van der Waals surface area contributed by atoms with Crippen LogP contribution in [0, 0.1) is 19.3 Å². The number of rotatable bonds is 7. The second-order valence-electron chi connectivity index (χ2n) is 7.66. The fraction of sp³-hybridized carbons (Fsp3) is 0.500. The molecule has 8 nitrogen and oxygen atoms in total. The van der Waals surface area contributed by atoms with Crippen molar-refractivity contribution in [2.45, 2.75) is 51.9 Å². The van der Waals surface area contributed by atoms with Gasteiger partial charge in [0.1, 0.15) is 12.4 Å². The topological polar surface area (TPSA) is 110 Å². The van der Waals surface area contributed by atoms with Gasteiger partial charge >= 0.3 is 0 Å². The number of carbonyl (C=O) groups excluding carboxylic acids is 1. The Hall–Kier alpha value is -2.04. The summed E-state index contributed by atoms with van der Waals surface area (Å²) in [5.74, 6) is 0.410. The molecule has 0 saturated carbocycles. The number of hydrogen-bond acceptors (Lipinski definition) is 7. The highest BCUT2D eigenvalue weighted by Crippen LogP contribution is 2.23. The zero-order valence-electron chi connectivity index (χ0n) is 16.9. The largest absolute Gasteiger partial charge is 0.492 e. The van der Waals surface area contributed by atoms with E-state index in [1.807, 2.05) is 32.0 Å². The molecule has 1 aromatic heterocycles. The van der Waals surface area contributed by atoms with Crippen molar-refractivity contribution >= 4 is 32.4 Å². The van der Waals surface area contributed by atoms with Gasteiger partial charge in [0.15, 0.2) is 0 Å². The van der Waals surface area contributed by atoms with E-state index in [9.17, 15) is 13.2 Å². The summed E-state index contributed by atoms with van der Waals surface area (Å²) in [6, 6.07) is 5.22. The average molecular weight is 427 g/mol. The van der Waals surface area contributed by atoms with Crippen molar-refractivity contribution in [3.8, 4) is 5.75 Å². The van der Waals surface area contributed by atoms with Gasteiger partial charge < -0.3 is 10.1 Å². The molecule has 154 valence electrons. The molecular formula is C18H26N4O4S2. The highest BCUT2D eigenvalue weighted by molar-refractivity contribution is 7.91. The molecule has 0 unspecified atom stereocenters. The summed E-state index contributed by atoms with van der Waals surface area (Å²) >= 11 is 0.799. The van der Waals surface area contributed by atoms with Crippen LogP contribution in [-0.4, -0.2) is 37.2 Å². The lowest BCUT2D eigenvalue weighted by Crippen LogP contribution is -2.36. The Labute approximate surface area is 169 Å². The van der Waals surface area contributed by atoms with Crippen LogP contribution in [0.5, 0.6) is 5.75 Å². The summed E-state index contributed by atoms with van der Waals surface area (Å²) in [7, 11) is -3.87. The summed E-state index contributed by atoms with van der Waals surface area (Å²) < 4.78 is 32.9. The van der Waals surface area contributed by atoms with Crippen molar-refractivity contribution in [2.75, 3.05) is 11.9 Å². The molecule has 0 spiro atoms. The molecule has 0 aliphatic carbocycles. The van der Waals surface area contributed by atoms with E-state index < -0.39 is 21.5 Å². The number of amides is 1. The average Bonchev–Trinajstić information content (AvgIpc) is 3.04. The van der Waals surface area contributed by atoms with Gasteiger partial charge in [0.25, 0.3) is 10.0 Å². The smallest absolute Gasteiger partial charge is 0.270 e. The van der Waals surface area contributed by atoms with Gasteiger partial charge in [0.2, 0.25) is 15.4 Å². The fourth-order valence-corrected chi connectivity index (χ4v) is 4.17. The van der Waals surface area contributed by atoms with Gasteiger partial charge in [-0.2, -0.15) is 0 Å². The molecule has 2 N–H and O–H groups in total. The molecule has 2 rings (SSSR count). The first-order valence-corrected chi connectivity index (χ1v) is 11.1. The standard InChI is InChI=1S/C18H26N4O4S2/c1-11-7-8-14(9-12(11)2)26-10-13(3)22-28(24,25)17-21-20-16(27-17)19-15(23)18(4,5)6/h7-9,13,22H,10H2,1-6H3,(H,19,20,23)/t13-/m0/s1. The number of hydrogen-bond donors (Lipinski definition) is 2. The second kappa shape index (κ2) is 8.54. The Bertz CT molecular complexity index is 949. The lowest BCUT2D eigenvalue weighted by Gasteiger charge is -2.15. The molecular weight excluding hydrogens is 400 g/mol. The van der Waals surface area contributed by atoms with Crippen molar-refractivity contribution in [2.24, 2.45) is 5.41 Å². The molecule has 10 heteroatoms. The Morgan fingerprint density at radius 3 is 2.50 bits per heavy atom. The van der Waals surface area contributed by atoms with E-state index >= 15 is 0 Å². The summed E-state index contributed by atoms with van der Waals surface area (Å²) in [4.78, 5) is 12.0. The van der Waals surface area contributed by atoms with E-state index in [-0.39, 0.29) is 22.0 Å². The zero-order chi connectivity index (χ0) is 21.1. The summed E-state index contributed by atoms with van der Waals surface area (Å²) in [5, 5.41) is 10.1. The molecule has 0 fully saturated rings. The predicted octanol–water partition coefficient (Wildman–Crippen LogP) is 2.89. The SMILES string of the molecule is Cc1ccc(OC[C@H](C)NS(=O)(=O)c2nnc(NC(=O)C(C)(C)C)s2)cc1C. The molecule has 0 bridgehead atoms. The lowest BCUT2D eigenvalue weighted by molar-refractivity contribution is -0.123. The van der Waals surface area contributed by atoms with E-state index in [0.717, 1.165) is 22.5 Å². The number of nitrogens with one attached hydrogen (secondary N) is 2. The summed E-state index contributed by atoms with van der Waals surface area (Å²) in [6.45, 7) is 11.1. The summed E-state index contributed by atoms with van der Waals surface area (Å²) in [5.41, 5.74) is 1.64. The van der Waals surface area contributed by atoms with Gasteiger partial charge in [0, 0.05) is 5.41 Å². The second-order valence-corrected chi connectivity index (χ2v) is 10.5. The molecule has 2 aromatic rings. The fourth-order valence-electron chi connectivity index (χ4n) is 2.03. The van der Waals surface area contributed by atoms with Crippen LogP contribution >= 0.6 is 11.3 Å². The van der Waals surface area contributed by atoms with Gasteiger partial charge in [-0.1, -0.05) is 38.2 Å².